The number of nitrogens with one attached hydrogen (secondary N) is 1. The van der Waals surface area contributed by atoms with Gasteiger partial charge in [-0.15, -0.1) is 8.46 Å². The van der Waals surface area contributed by atoms with Crippen LogP contribution in [0.3, 0.4) is 0 Å². The van der Waals surface area contributed by atoms with E-state index >= 15 is 0 Å². The van der Waals surface area contributed by atoms with Crippen molar-refractivity contribution in [2.75, 3.05) is 29.3 Å². The van der Waals surface area contributed by atoms with E-state index in [0.29, 0.717) is 0 Å². The molecule has 19 aromatic rings. The van der Waals surface area contributed by atoms with Crippen molar-refractivity contribution < 1.29 is 8.78 Å². The Kier molecular flexibility index (Phi) is 23.1. The Morgan fingerprint density at radius 1 is 0.306 bits per heavy atom. The summed E-state index contributed by atoms with van der Waals surface area (Å²) in [5.41, 5.74) is 34.3. The third-order valence-electron chi connectivity index (χ3n) is 23.7. The molecule has 585 valence electrons. The summed E-state index contributed by atoms with van der Waals surface area (Å²) in [5, 5.41) is 14.2. The van der Waals surface area contributed by atoms with Gasteiger partial charge in [0.2, 0.25) is 0 Å². The van der Waals surface area contributed by atoms with Gasteiger partial charge in [0, 0.05) is 77.9 Å². The van der Waals surface area contributed by atoms with Crippen LogP contribution in [0.25, 0.3) is 133 Å². The van der Waals surface area contributed by atoms with Gasteiger partial charge in [0.1, 0.15) is 21.5 Å². The normalized spacial score (nSPS) is 13.0. The summed E-state index contributed by atoms with van der Waals surface area (Å²) >= 11 is 0. The molecule has 0 spiro atoms. The zero-order chi connectivity index (χ0) is 82.2. The molecule has 0 bridgehead atoms. The minimum atomic E-state index is -2.31. The van der Waals surface area contributed by atoms with Gasteiger partial charge in [0.05, 0.1) is 28.5 Å². The van der Waals surface area contributed by atoms with Gasteiger partial charge in [-0.05, 0) is 247 Å². The molecule has 0 saturated carbocycles. The zero-order valence-electron chi connectivity index (χ0n) is 68.2. The van der Waals surface area contributed by atoms with Crippen molar-refractivity contribution >= 4 is 145 Å². The molecule has 2 unspecified atom stereocenters. The average Bonchev–Trinajstić information content (AvgIpc) is 1.47. The van der Waals surface area contributed by atoms with E-state index in [1.165, 1.54) is 161 Å². The number of aromatic nitrogens is 2. The second kappa shape index (κ2) is 34.5. The van der Waals surface area contributed by atoms with E-state index in [1.807, 2.05) is 0 Å². The second-order valence-electron chi connectivity index (χ2n) is 32.1. The summed E-state index contributed by atoms with van der Waals surface area (Å²) in [7, 11) is 9.59. The summed E-state index contributed by atoms with van der Waals surface area (Å²) in [6.45, 7) is 8.52. The van der Waals surface area contributed by atoms with Crippen LogP contribution in [0.15, 0.2) is 400 Å². The van der Waals surface area contributed by atoms with Gasteiger partial charge < -0.3 is 24.1 Å². The van der Waals surface area contributed by atoms with Crippen LogP contribution < -0.4 is 9.80 Å². The Labute approximate surface area is 731 Å². The van der Waals surface area contributed by atoms with Crippen LogP contribution in [0.4, 0.5) is 42.9 Å². The summed E-state index contributed by atoms with van der Waals surface area (Å²) in [4.78, 5) is 4.81. The molecule has 21 rings (SSSR count). The first-order valence-corrected chi connectivity index (χ1v) is 44.5. The van der Waals surface area contributed by atoms with E-state index in [4.69, 9.17) is 12.7 Å². The van der Waals surface area contributed by atoms with Crippen LogP contribution in [0.5, 0.6) is 0 Å². The molecule has 5 nitrogen and oxygen atoms in total. The molecule has 2 aromatic heterocycles. The summed E-state index contributed by atoms with van der Waals surface area (Å²) in [5.74, 6) is 0. The maximum absolute atomic E-state index is 11.2. The molecule has 5 radical (unpaired) electrons. The molecule has 17 aromatic carbocycles. The van der Waals surface area contributed by atoms with Gasteiger partial charge in [0.25, 0.3) is 0 Å². The molecule has 12 heteroatoms. The Bertz CT molecular complexity index is 7030. The van der Waals surface area contributed by atoms with Gasteiger partial charge in [-0.1, -0.05) is 295 Å². The number of fused-ring (bicyclic) bond motifs is 13. The molecule has 2 atom stereocenters. The number of hydrogen-bond donors (Lipinski definition) is 1. The molecule has 0 fully saturated rings. The first-order chi connectivity index (χ1) is 58.5. The zero-order valence-corrected chi connectivity index (χ0v) is 74.6. The fourth-order valence-corrected chi connectivity index (χ4v) is 17.9. The van der Waals surface area contributed by atoms with E-state index in [0.717, 1.165) is 34.1 Å². The molecule has 121 heavy (non-hydrogen) atoms. The minimum absolute atomic E-state index is 0. The van der Waals surface area contributed by atoms with Crippen LogP contribution in [-0.2, 0) is 10.8 Å². The first kappa shape index (κ1) is 81.1. The number of benzene rings is 17. The molecule has 0 saturated heterocycles. The topological polar surface area (TPSA) is 40.2 Å². The summed E-state index contributed by atoms with van der Waals surface area (Å²) < 4.78 is 26.6. The Hall–Kier alpha value is -12.3. The average molecular weight is 1800 g/mol. The van der Waals surface area contributed by atoms with Crippen molar-refractivity contribution in [3.63, 3.8) is 0 Å². The number of rotatable bonds is 14. The van der Waals surface area contributed by atoms with Gasteiger partial charge in [-0.25, -0.2) is 8.78 Å². The summed E-state index contributed by atoms with van der Waals surface area (Å²) in [6, 6.07) is 146. The molecule has 2 aliphatic carbocycles. The molecule has 2 aliphatic rings. The van der Waals surface area contributed by atoms with Crippen LogP contribution in [0.2, 0.25) is 0 Å². The van der Waals surface area contributed by atoms with Gasteiger partial charge >= 0.3 is 26.2 Å². The van der Waals surface area contributed by atoms with E-state index in [2.05, 4.69) is 455 Å². The van der Waals surface area contributed by atoms with Crippen molar-refractivity contribution in [2.45, 2.75) is 38.5 Å². The molecule has 1 N–H and O–H groups in total. The summed E-state index contributed by atoms with van der Waals surface area (Å²) in [6.07, 6.45) is -1.05. The SMILES string of the molecule is CC1(C)c2ccccc2-c2ccc(N(c3ccc(-c4ccc5c(c4)c4ccccc4n5-c4ccccc4)cc3)c3ccc(-c4cccc5ccccc45)cc3)cc21.CC1(C)c2ccccc2-c2ccc(N(c3ccc(-c4ccccc4)cc3)c3ccc(-c4ccc5c(c4)c4ccccc4n5-c4ccccc4)cc3)cc21.[B]P(C)(=N)CF.[B]PCF.[BiH2]. The fourth-order valence-electron chi connectivity index (χ4n) is 17.9. The first-order valence-electron chi connectivity index (χ1n) is 40.7. The van der Waals surface area contributed by atoms with Crippen molar-refractivity contribution in [1.29, 1.82) is 5.16 Å². The Morgan fingerprint density at radius 3 is 1.02 bits per heavy atom. The third kappa shape index (κ3) is 15.7. The third-order valence-corrected chi connectivity index (χ3v) is 24.4. The number of anilines is 6. The Morgan fingerprint density at radius 2 is 0.603 bits per heavy atom. The molecule has 0 aliphatic heterocycles. The monoisotopic (exact) mass is 1800 g/mol. The van der Waals surface area contributed by atoms with Crippen molar-refractivity contribution in [2.24, 2.45) is 0 Å². The molecule has 0 amide bonds. The number of nitrogens with zero attached hydrogens (tertiary/aromatic N) is 4. The van der Waals surface area contributed by atoms with Crippen LogP contribution >= 0.6 is 15.4 Å². The van der Waals surface area contributed by atoms with E-state index in [1.54, 1.807) is 0 Å². The van der Waals surface area contributed by atoms with Crippen molar-refractivity contribution in [3.05, 3.63) is 423 Å². The predicted molar refractivity (Wildman–Crippen MR) is 521 cm³/mol. The fraction of sp³-hybridized carbons (Fsp3) is 0.0826. The van der Waals surface area contributed by atoms with E-state index in [-0.39, 0.29) is 51.9 Å². The van der Waals surface area contributed by atoms with Gasteiger partial charge in [0.15, 0.2) is 0 Å². The van der Waals surface area contributed by atoms with Crippen LogP contribution in [0, 0.1) is 5.16 Å². The second-order valence-corrected chi connectivity index (χ2v) is 35.6. The van der Waals surface area contributed by atoms with Crippen molar-refractivity contribution in [3.8, 4) is 78.1 Å². The number of para-hydroxylation sites is 4. The van der Waals surface area contributed by atoms with Crippen molar-refractivity contribution in [1.82, 2.24) is 9.13 Å². The van der Waals surface area contributed by atoms with Gasteiger partial charge in [-0.3, -0.25) is 0 Å². The standard InChI is InChI=1S/C55H40N2.C51H38N2.C2H6BFNP.CH3BFP.Bi.2H/c1-55(2)51-21-10-8-18-47(51)48-33-32-44(36-52(48)55)56(43-30-25-39(26-31-43)46-20-12-14-38-13-6-7-17-45(38)46)42-28-23-37(24-29-42)40-27-34-54-50(35-40)49-19-9-11-22-53(49)57(54)41-15-4-3-5-16-41;1-51(2)47-19-11-9-17-43(47)44-31-30-42(34-48(44)51)52(40-26-21-36(22-27-40)35-13-5-3-6-14-35)41-28-23-37(24-29-41)38-25-32-50-46(33-38)45-18-10-12-20-49(45)53(50)39-15-7-4-8-16-39;1-6(3,5)2-4;2-4-1-3;;;/h3-36H,1-2H3;3-34H,1-2H3;5H,2H2,1H3;4H,1H2;;;. The molecular formula is C109H89B2BiF2N5P2. The van der Waals surface area contributed by atoms with E-state index < -0.39 is 13.3 Å². The quantitative estimate of drug-likeness (QED) is 0.0871. The predicted octanol–water partition coefficient (Wildman–Crippen LogP) is 30.1. The Balaban J connectivity index is 0.000000154. The van der Waals surface area contributed by atoms with Crippen LogP contribution in [-0.4, -0.2) is 70.0 Å². The number of halogens is 2. The van der Waals surface area contributed by atoms with Crippen LogP contribution in [0.1, 0.15) is 49.9 Å². The van der Waals surface area contributed by atoms with Gasteiger partial charge in [-0.2, -0.15) is 0 Å². The molecule has 2 heterocycles. The molecular weight excluding hydrogens is 1710 g/mol. The maximum atomic E-state index is 11.2. The number of hydrogen-bond acceptors (Lipinski definition) is 3. The van der Waals surface area contributed by atoms with E-state index in [9.17, 15) is 8.78 Å². The number of alkyl halides is 2.